The number of hydrogen-bond acceptors (Lipinski definition) is 6. The Morgan fingerprint density at radius 2 is 2.03 bits per heavy atom. The fraction of sp³-hybridized carbons (Fsp3) is 0.476. The molecule has 1 amide bonds. The number of carboxylic acid groups (broad SMARTS) is 1. The van der Waals surface area contributed by atoms with Crippen molar-refractivity contribution in [1.82, 2.24) is 10.2 Å². The van der Waals surface area contributed by atoms with Crippen LogP contribution in [0.5, 0.6) is 0 Å². The molecule has 0 spiro atoms. The van der Waals surface area contributed by atoms with E-state index in [4.69, 9.17) is 11.1 Å². The first-order valence-corrected chi connectivity index (χ1v) is 10.9. The number of β-lactam (4-membered cyclic amide) rings is 1. The smallest absolute Gasteiger partial charge is 0.353 e. The third kappa shape index (κ3) is 3.30. The number of rotatable bonds is 6. The predicted octanol–water partition coefficient (Wildman–Crippen LogP) is 1.26. The zero-order valence-corrected chi connectivity index (χ0v) is 17.6. The van der Waals surface area contributed by atoms with Crippen LogP contribution in [0.25, 0.3) is 0 Å². The summed E-state index contributed by atoms with van der Waals surface area (Å²) in [5.74, 6) is -2.02. The number of carbonyl (C=O) groups is 2. The Labute approximate surface area is 179 Å². The quantitative estimate of drug-likeness (QED) is 0.260. The molecule has 1 aromatic rings. The van der Waals surface area contributed by atoms with Crippen molar-refractivity contribution >= 4 is 29.5 Å². The number of carboxylic acids is 1. The van der Waals surface area contributed by atoms with Crippen LogP contribution in [-0.2, 0) is 9.59 Å². The molecule has 9 heteroatoms. The van der Waals surface area contributed by atoms with Crippen molar-refractivity contribution in [2.24, 2.45) is 17.6 Å². The van der Waals surface area contributed by atoms with E-state index in [1.165, 1.54) is 16.7 Å². The van der Waals surface area contributed by atoms with Crippen LogP contribution in [0.4, 0.5) is 0 Å². The number of nitrogens with zero attached hydrogens (tertiary/aromatic N) is 1. The molecule has 160 valence electrons. The van der Waals surface area contributed by atoms with Crippen LogP contribution in [-0.4, -0.2) is 56.8 Å². The van der Waals surface area contributed by atoms with Gasteiger partial charge in [-0.1, -0.05) is 31.2 Å². The third-order valence-corrected chi connectivity index (χ3v) is 7.83. The van der Waals surface area contributed by atoms with Gasteiger partial charge in [0.1, 0.15) is 11.5 Å². The molecule has 8 nitrogen and oxygen atoms in total. The topological polar surface area (TPSA) is 140 Å². The van der Waals surface area contributed by atoms with Gasteiger partial charge < -0.3 is 26.2 Å². The molecule has 3 heterocycles. The molecule has 0 aromatic heterocycles. The summed E-state index contributed by atoms with van der Waals surface area (Å²) in [7, 11) is 0. The maximum Gasteiger partial charge on any atom is 0.353 e. The molecule has 1 aromatic carbocycles. The van der Waals surface area contributed by atoms with Crippen LogP contribution in [0, 0.1) is 17.2 Å². The summed E-state index contributed by atoms with van der Waals surface area (Å²) in [6.07, 6.45) is 0.0298. The van der Waals surface area contributed by atoms with Crippen LogP contribution in [0.15, 0.2) is 34.9 Å². The fourth-order valence-corrected chi connectivity index (χ4v) is 6.28. The van der Waals surface area contributed by atoms with Crippen molar-refractivity contribution < 1.29 is 19.8 Å². The highest BCUT2D eigenvalue weighted by Gasteiger charge is 2.60. The molecule has 2 saturated heterocycles. The Morgan fingerprint density at radius 1 is 1.37 bits per heavy atom. The predicted molar refractivity (Wildman–Crippen MR) is 114 cm³/mol. The minimum absolute atomic E-state index is 0.0346. The molecule has 0 saturated carbocycles. The lowest BCUT2D eigenvalue weighted by molar-refractivity contribution is -0.163. The SMILES string of the molecule is C[C@@H](O)[C@H]1C(=O)N2C(C(=O)O)=C(S[C@@H]3CN[C@@H](c4ccc(C(=N)N)cc4)C3)[C@H](C)[C@H]12. The number of fused-ring (bicyclic) bond motifs is 1. The van der Waals surface area contributed by atoms with Crippen molar-refractivity contribution in [1.29, 1.82) is 5.41 Å². The van der Waals surface area contributed by atoms with Crippen LogP contribution in [0.1, 0.15) is 37.4 Å². The first kappa shape index (κ1) is 20.9. The van der Waals surface area contributed by atoms with Gasteiger partial charge in [0.05, 0.1) is 18.1 Å². The van der Waals surface area contributed by atoms with Gasteiger partial charge in [-0.3, -0.25) is 10.2 Å². The van der Waals surface area contributed by atoms with Gasteiger partial charge >= 0.3 is 5.97 Å². The highest BCUT2D eigenvalue weighted by Crippen LogP contribution is 2.52. The summed E-state index contributed by atoms with van der Waals surface area (Å²) >= 11 is 1.54. The molecule has 6 atom stereocenters. The van der Waals surface area contributed by atoms with Gasteiger partial charge in [0.25, 0.3) is 0 Å². The van der Waals surface area contributed by atoms with Gasteiger partial charge in [-0.15, -0.1) is 11.8 Å². The van der Waals surface area contributed by atoms with Crippen molar-refractivity contribution in [3.05, 3.63) is 46.0 Å². The normalized spacial score (nSPS) is 31.5. The van der Waals surface area contributed by atoms with E-state index in [0.29, 0.717) is 5.56 Å². The lowest BCUT2D eigenvalue weighted by Gasteiger charge is -2.46. The van der Waals surface area contributed by atoms with Crippen molar-refractivity contribution in [2.45, 2.75) is 43.7 Å². The summed E-state index contributed by atoms with van der Waals surface area (Å²) < 4.78 is 0. The zero-order chi connectivity index (χ0) is 21.7. The molecule has 0 aliphatic carbocycles. The number of benzene rings is 1. The first-order chi connectivity index (χ1) is 14.2. The number of carbonyl (C=O) groups excluding carboxylic acids is 1. The lowest BCUT2D eigenvalue weighted by Crippen LogP contribution is -2.63. The number of nitrogen functional groups attached to an aromatic ring is 1. The maximum atomic E-state index is 12.5. The van der Waals surface area contributed by atoms with Gasteiger partial charge in [-0.2, -0.15) is 0 Å². The number of aliphatic hydroxyl groups excluding tert-OH is 1. The summed E-state index contributed by atoms with van der Waals surface area (Å²) in [4.78, 5) is 26.5. The largest absolute Gasteiger partial charge is 0.477 e. The van der Waals surface area contributed by atoms with Gasteiger partial charge in [0.15, 0.2) is 0 Å². The van der Waals surface area contributed by atoms with Crippen LogP contribution >= 0.6 is 11.8 Å². The average molecular weight is 431 g/mol. The molecule has 3 aliphatic rings. The minimum atomic E-state index is -1.09. The third-order valence-electron chi connectivity index (χ3n) is 6.32. The Bertz CT molecular complexity index is 929. The van der Waals surface area contributed by atoms with Crippen molar-refractivity contribution in [2.75, 3.05) is 6.54 Å². The molecular weight excluding hydrogens is 404 g/mol. The van der Waals surface area contributed by atoms with E-state index in [1.807, 2.05) is 31.2 Å². The molecular formula is C21H26N4O4S. The number of hydrogen-bond donors (Lipinski definition) is 5. The molecule has 4 rings (SSSR count). The monoisotopic (exact) mass is 430 g/mol. The Hall–Kier alpha value is -2.36. The summed E-state index contributed by atoms with van der Waals surface area (Å²) in [6, 6.07) is 7.43. The molecule has 0 radical (unpaired) electrons. The number of amidine groups is 1. The number of aliphatic carboxylic acids is 1. The van der Waals surface area contributed by atoms with E-state index >= 15 is 0 Å². The highest BCUT2D eigenvalue weighted by atomic mass is 32.2. The van der Waals surface area contributed by atoms with Crippen molar-refractivity contribution in [3.63, 3.8) is 0 Å². The lowest BCUT2D eigenvalue weighted by atomic mass is 9.79. The van der Waals surface area contributed by atoms with Gasteiger partial charge in [0, 0.05) is 34.2 Å². The first-order valence-electron chi connectivity index (χ1n) is 10.0. The van der Waals surface area contributed by atoms with Crippen LogP contribution < -0.4 is 11.1 Å². The molecule has 2 fully saturated rings. The van der Waals surface area contributed by atoms with E-state index < -0.39 is 18.0 Å². The standard InChI is InChI=1S/C21H26N4O4S/c1-9-16-15(10(2)26)20(27)25(16)17(21(28)29)18(9)30-13-7-14(24-8-13)11-3-5-12(6-4-11)19(22)23/h3-6,9-10,13-16,24,26H,7-8H2,1-2H3,(H3,22,23)(H,28,29)/t9-,10-,13+,14-,15-,16-/m1/s1. The molecule has 0 unspecified atom stereocenters. The number of aliphatic hydroxyl groups is 1. The minimum Gasteiger partial charge on any atom is -0.477 e. The molecule has 30 heavy (non-hydrogen) atoms. The van der Waals surface area contributed by atoms with Gasteiger partial charge in [-0.25, -0.2) is 4.79 Å². The highest BCUT2D eigenvalue weighted by molar-refractivity contribution is 8.03. The number of nitrogens with two attached hydrogens (primary N) is 1. The van der Waals surface area contributed by atoms with E-state index in [1.54, 1.807) is 6.92 Å². The second-order valence-electron chi connectivity index (χ2n) is 8.24. The van der Waals surface area contributed by atoms with Crippen molar-refractivity contribution in [3.8, 4) is 0 Å². The number of amides is 1. The second kappa shape index (κ2) is 7.72. The average Bonchev–Trinajstić information content (AvgIpc) is 3.24. The van der Waals surface area contributed by atoms with Crippen LogP contribution in [0.2, 0.25) is 0 Å². The summed E-state index contributed by atoms with van der Waals surface area (Å²) in [5, 5.41) is 30.9. The van der Waals surface area contributed by atoms with Gasteiger partial charge in [-0.05, 0) is 18.9 Å². The van der Waals surface area contributed by atoms with Gasteiger partial charge in [0.2, 0.25) is 5.91 Å². The second-order valence-corrected chi connectivity index (χ2v) is 9.59. The zero-order valence-electron chi connectivity index (χ0n) is 16.8. The Morgan fingerprint density at radius 3 is 2.60 bits per heavy atom. The van der Waals surface area contributed by atoms with E-state index in [-0.39, 0.29) is 40.7 Å². The Kier molecular flexibility index (Phi) is 5.37. The summed E-state index contributed by atoms with van der Waals surface area (Å²) in [6.45, 7) is 4.25. The number of nitrogens with one attached hydrogen (secondary N) is 2. The Balaban J connectivity index is 1.49. The van der Waals surface area contributed by atoms with Crippen LogP contribution in [0.3, 0.4) is 0 Å². The summed E-state index contributed by atoms with van der Waals surface area (Å²) in [5.41, 5.74) is 7.37. The molecule has 6 N–H and O–H groups in total. The molecule has 3 aliphatic heterocycles. The van der Waals surface area contributed by atoms with E-state index in [0.717, 1.165) is 23.4 Å². The van der Waals surface area contributed by atoms with E-state index in [2.05, 4.69) is 5.32 Å². The molecule has 0 bridgehead atoms. The maximum absolute atomic E-state index is 12.5. The number of thioether (sulfide) groups is 1. The fourth-order valence-electron chi connectivity index (χ4n) is 4.80. The van der Waals surface area contributed by atoms with E-state index in [9.17, 15) is 19.8 Å².